The van der Waals surface area contributed by atoms with Gasteiger partial charge >= 0.3 is 0 Å². The monoisotopic (exact) mass is 344 g/mol. The molecular formula is C19H28N4O2. The maximum Gasteiger partial charge on any atom is 0.122 e. The van der Waals surface area contributed by atoms with Crippen LogP contribution in [-0.4, -0.2) is 69.9 Å². The van der Waals surface area contributed by atoms with Crippen molar-refractivity contribution in [1.82, 2.24) is 19.4 Å². The summed E-state index contributed by atoms with van der Waals surface area (Å²) < 4.78 is 7.82. The number of para-hydroxylation sites is 1. The molecule has 0 saturated carbocycles. The predicted molar refractivity (Wildman–Crippen MR) is 97.6 cm³/mol. The summed E-state index contributed by atoms with van der Waals surface area (Å²) in [6.45, 7) is 8.93. The summed E-state index contributed by atoms with van der Waals surface area (Å²) in [7, 11) is 0. The van der Waals surface area contributed by atoms with Crippen LogP contribution in [0.1, 0.15) is 12.7 Å². The van der Waals surface area contributed by atoms with Gasteiger partial charge in [-0.05, 0) is 19.1 Å². The van der Waals surface area contributed by atoms with E-state index in [2.05, 4.69) is 26.3 Å². The Labute approximate surface area is 149 Å². The van der Waals surface area contributed by atoms with Gasteiger partial charge in [-0.25, -0.2) is 4.98 Å². The molecule has 0 spiro atoms. The quantitative estimate of drug-likeness (QED) is 0.786. The Morgan fingerprint density at radius 3 is 2.56 bits per heavy atom. The Bertz CT molecular complexity index is 623. The van der Waals surface area contributed by atoms with E-state index in [4.69, 9.17) is 4.74 Å². The third-order valence-electron chi connectivity index (χ3n) is 4.63. The minimum absolute atomic E-state index is 0.332. The molecule has 1 N–H and O–H groups in total. The molecule has 1 unspecified atom stereocenters. The van der Waals surface area contributed by atoms with Crippen LogP contribution in [0.2, 0.25) is 0 Å². The van der Waals surface area contributed by atoms with Crippen LogP contribution in [0.5, 0.6) is 5.75 Å². The number of aliphatic hydroxyl groups excluding tert-OH is 1. The van der Waals surface area contributed by atoms with Crippen LogP contribution >= 0.6 is 0 Å². The highest BCUT2D eigenvalue weighted by Gasteiger charge is 2.20. The number of hydrogen-bond acceptors (Lipinski definition) is 5. The third-order valence-corrected chi connectivity index (χ3v) is 4.63. The number of ether oxygens (including phenoxy) is 1. The van der Waals surface area contributed by atoms with Crippen LogP contribution in [-0.2, 0) is 13.1 Å². The number of imidazole rings is 1. The van der Waals surface area contributed by atoms with Gasteiger partial charge in [0, 0.05) is 51.7 Å². The van der Waals surface area contributed by atoms with Crippen LogP contribution in [0.3, 0.4) is 0 Å². The molecule has 0 aliphatic carbocycles. The summed E-state index contributed by atoms with van der Waals surface area (Å²) in [5.41, 5.74) is 0. The first-order valence-corrected chi connectivity index (χ1v) is 9.05. The highest BCUT2D eigenvalue weighted by molar-refractivity contribution is 5.20. The summed E-state index contributed by atoms with van der Waals surface area (Å²) in [6.07, 6.45) is 3.44. The zero-order valence-electron chi connectivity index (χ0n) is 14.9. The van der Waals surface area contributed by atoms with Crippen molar-refractivity contribution < 1.29 is 9.84 Å². The van der Waals surface area contributed by atoms with E-state index in [9.17, 15) is 5.11 Å². The lowest BCUT2D eigenvalue weighted by molar-refractivity contribution is 0.0439. The van der Waals surface area contributed by atoms with Crippen molar-refractivity contribution in [2.24, 2.45) is 0 Å². The minimum atomic E-state index is -0.467. The zero-order chi connectivity index (χ0) is 17.5. The van der Waals surface area contributed by atoms with Crippen molar-refractivity contribution in [1.29, 1.82) is 0 Å². The normalized spacial score (nSPS) is 17.5. The van der Waals surface area contributed by atoms with Gasteiger partial charge in [-0.3, -0.25) is 9.80 Å². The number of piperazine rings is 1. The second-order valence-corrected chi connectivity index (χ2v) is 6.48. The molecule has 1 atom stereocenters. The van der Waals surface area contributed by atoms with Gasteiger partial charge in [0.05, 0.1) is 6.54 Å². The van der Waals surface area contributed by atoms with Crippen LogP contribution in [0.25, 0.3) is 0 Å². The first-order chi connectivity index (χ1) is 12.2. The van der Waals surface area contributed by atoms with Crippen molar-refractivity contribution in [3.8, 4) is 5.75 Å². The largest absolute Gasteiger partial charge is 0.491 e. The van der Waals surface area contributed by atoms with Crippen molar-refractivity contribution >= 4 is 0 Å². The maximum atomic E-state index is 10.2. The fraction of sp³-hybridized carbons (Fsp3) is 0.526. The Hall–Kier alpha value is -1.89. The third kappa shape index (κ3) is 5.29. The summed E-state index contributed by atoms with van der Waals surface area (Å²) in [5.74, 6) is 1.94. The Kier molecular flexibility index (Phi) is 6.44. The van der Waals surface area contributed by atoms with E-state index in [-0.39, 0.29) is 0 Å². The molecule has 3 rings (SSSR count). The molecule has 1 fully saturated rings. The lowest BCUT2D eigenvalue weighted by Gasteiger charge is -2.35. The molecule has 0 amide bonds. The molecule has 2 aromatic rings. The molecule has 6 heteroatoms. The molecule has 2 heterocycles. The zero-order valence-corrected chi connectivity index (χ0v) is 14.9. The van der Waals surface area contributed by atoms with Gasteiger partial charge in [-0.2, -0.15) is 0 Å². The first kappa shape index (κ1) is 17.9. The van der Waals surface area contributed by atoms with E-state index in [0.29, 0.717) is 13.2 Å². The highest BCUT2D eigenvalue weighted by Crippen LogP contribution is 2.10. The van der Waals surface area contributed by atoms with Crippen molar-refractivity contribution in [2.75, 3.05) is 39.3 Å². The van der Waals surface area contributed by atoms with Crippen LogP contribution < -0.4 is 4.74 Å². The van der Waals surface area contributed by atoms with Crippen LogP contribution in [0.4, 0.5) is 0 Å². The van der Waals surface area contributed by atoms with E-state index in [1.807, 2.05) is 42.7 Å². The second-order valence-electron chi connectivity index (χ2n) is 6.48. The number of aromatic nitrogens is 2. The summed E-state index contributed by atoms with van der Waals surface area (Å²) >= 11 is 0. The number of benzene rings is 1. The topological polar surface area (TPSA) is 53.8 Å². The molecule has 0 bridgehead atoms. The average molecular weight is 344 g/mol. The van der Waals surface area contributed by atoms with E-state index in [1.165, 1.54) is 0 Å². The van der Waals surface area contributed by atoms with Gasteiger partial charge in [0.25, 0.3) is 0 Å². The molecule has 6 nitrogen and oxygen atoms in total. The molecule has 0 radical (unpaired) electrons. The van der Waals surface area contributed by atoms with E-state index >= 15 is 0 Å². The number of nitrogens with zero attached hydrogens (tertiary/aromatic N) is 4. The van der Waals surface area contributed by atoms with E-state index in [0.717, 1.165) is 50.8 Å². The standard InChI is InChI=1S/C19H28N4O2/c1-2-23-9-8-20-19(23)15-22-12-10-21(11-13-22)14-17(24)16-25-18-6-4-3-5-7-18/h3-9,17,24H,2,10-16H2,1H3. The summed E-state index contributed by atoms with van der Waals surface area (Å²) in [5, 5.41) is 10.2. The SMILES string of the molecule is CCn1ccnc1CN1CCN(CC(O)COc2ccccc2)CC1. The average Bonchev–Trinajstić information content (AvgIpc) is 3.10. The highest BCUT2D eigenvalue weighted by atomic mass is 16.5. The smallest absolute Gasteiger partial charge is 0.122 e. The molecule has 1 aliphatic heterocycles. The summed E-state index contributed by atoms with van der Waals surface area (Å²) in [6, 6.07) is 9.64. The van der Waals surface area contributed by atoms with Crippen molar-refractivity contribution in [3.05, 3.63) is 48.5 Å². The number of rotatable bonds is 8. The van der Waals surface area contributed by atoms with Gasteiger partial charge in [0.1, 0.15) is 24.3 Å². The molecular weight excluding hydrogens is 316 g/mol. The summed E-state index contributed by atoms with van der Waals surface area (Å²) in [4.78, 5) is 9.19. The molecule has 1 aromatic heterocycles. The van der Waals surface area contributed by atoms with Gasteiger partial charge in [0.2, 0.25) is 0 Å². The molecule has 1 saturated heterocycles. The fourth-order valence-corrected chi connectivity index (χ4v) is 3.17. The number of hydrogen-bond donors (Lipinski definition) is 1. The van der Waals surface area contributed by atoms with Gasteiger partial charge < -0.3 is 14.4 Å². The Morgan fingerprint density at radius 1 is 1.12 bits per heavy atom. The van der Waals surface area contributed by atoms with E-state index in [1.54, 1.807) is 0 Å². The fourth-order valence-electron chi connectivity index (χ4n) is 3.17. The number of aliphatic hydroxyl groups is 1. The molecule has 136 valence electrons. The molecule has 1 aromatic carbocycles. The van der Waals surface area contributed by atoms with Crippen molar-refractivity contribution in [3.63, 3.8) is 0 Å². The van der Waals surface area contributed by atoms with Crippen LogP contribution in [0.15, 0.2) is 42.7 Å². The van der Waals surface area contributed by atoms with Crippen LogP contribution in [0, 0.1) is 0 Å². The lowest BCUT2D eigenvalue weighted by atomic mass is 10.2. The number of β-amino-alcohol motifs (C(OH)–C–C–N with tert-alkyl or cyclic N) is 1. The van der Waals surface area contributed by atoms with Gasteiger partial charge in [0.15, 0.2) is 0 Å². The Morgan fingerprint density at radius 2 is 1.84 bits per heavy atom. The first-order valence-electron chi connectivity index (χ1n) is 9.05. The van der Waals surface area contributed by atoms with E-state index < -0.39 is 6.10 Å². The molecule has 25 heavy (non-hydrogen) atoms. The van der Waals surface area contributed by atoms with Gasteiger partial charge in [-0.1, -0.05) is 18.2 Å². The molecule has 1 aliphatic rings. The lowest BCUT2D eigenvalue weighted by Crippen LogP contribution is -2.49. The maximum absolute atomic E-state index is 10.2. The van der Waals surface area contributed by atoms with Crippen molar-refractivity contribution in [2.45, 2.75) is 26.1 Å². The Balaban J connectivity index is 1.37. The van der Waals surface area contributed by atoms with Gasteiger partial charge in [-0.15, -0.1) is 0 Å². The second kappa shape index (κ2) is 8.99. The number of aryl methyl sites for hydroxylation is 1. The minimum Gasteiger partial charge on any atom is -0.491 e. The predicted octanol–water partition coefficient (Wildman–Crippen LogP) is 1.46.